The van der Waals surface area contributed by atoms with Gasteiger partial charge in [-0.15, -0.1) is 0 Å². The van der Waals surface area contributed by atoms with Crippen molar-refractivity contribution in [2.24, 2.45) is 0 Å². The van der Waals surface area contributed by atoms with Crippen LogP contribution in [0.5, 0.6) is 17.4 Å². The summed E-state index contributed by atoms with van der Waals surface area (Å²) in [5.41, 5.74) is 0.752. The lowest BCUT2D eigenvalue weighted by atomic mass is 10.2. The van der Waals surface area contributed by atoms with Crippen LogP contribution in [0.4, 0.5) is 0 Å². The first-order chi connectivity index (χ1) is 8.70. The van der Waals surface area contributed by atoms with Crippen molar-refractivity contribution in [1.29, 1.82) is 0 Å². The number of aliphatic hydroxyl groups excluding tert-OH is 1. The molecule has 0 spiro atoms. The fourth-order valence-corrected chi connectivity index (χ4v) is 1.52. The van der Waals surface area contributed by atoms with E-state index in [2.05, 4.69) is 4.98 Å². The lowest BCUT2D eigenvalue weighted by Gasteiger charge is -2.10. The van der Waals surface area contributed by atoms with Crippen molar-refractivity contribution in [3.8, 4) is 17.4 Å². The molecule has 0 aliphatic carbocycles. The minimum atomic E-state index is -0.530. The molecule has 0 aliphatic rings. The Balaban J connectivity index is 2.18. The molecule has 0 bridgehead atoms. The van der Waals surface area contributed by atoms with Gasteiger partial charge in [-0.2, -0.15) is 0 Å². The zero-order valence-electron chi connectivity index (χ0n) is 10.3. The molecule has 4 nitrogen and oxygen atoms in total. The largest absolute Gasteiger partial charge is 0.493 e. The second kappa shape index (κ2) is 5.51. The Bertz CT molecular complexity index is 509. The van der Waals surface area contributed by atoms with E-state index < -0.39 is 6.10 Å². The third kappa shape index (κ3) is 2.78. The number of hydrogen-bond donors (Lipinski definition) is 1. The standard InChI is InChI=1S/C14H15NO3/c1-10(16)11-7-8-14(15-9-11)18-13-6-4-3-5-12(13)17-2/h3-10,16H,1-2H3. The lowest BCUT2D eigenvalue weighted by molar-refractivity contribution is 0.198. The van der Waals surface area contributed by atoms with Crippen molar-refractivity contribution in [2.75, 3.05) is 7.11 Å². The van der Waals surface area contributed by atoms with Crippen molar-refractivity contribution < 1.29 is 14.6 Å². The van der Waals surface area contributed by atoms with Crippen molar-refractivity contribution in [2.45, 2.75) is 13.0 Å². The topological polar surface area (TPSA) is 51.6 Å². The Morgan fingerprint density at radius 2 is 1.83 bits per heavy atom. The minimum absolute atomic E-state index is 0.462. The van der Waals surface area contributed by atoms with Gasteiger partial charge in [0.15, 0.2) is 11.5 Å². The highest BCUT2D eigenvalue weighted by molar-refractivity contribution is 5.41. The normalized spacial score (nSPS) is 11.9. The molecule has 0 amide bonds. The van der Waals surface area contributed by atoms with Crippen molar-refractivity contribution >= 4 is 0 Å². The van der Waals surface area contributed by atoms with E-state index in [1.807, 2.05) is 24.3 Å². The molecule has 1 aromatic carbocycles. The molecule has 2 aromatic rings. The Morgan fingerprint density at radius 1 is 1.11 bits per heavy atom. The van der Waals surface area contributed by atoms with Gasteiger partial charge in [0.2, 0.25) is 5.88 Å². The quantitative estimate of drug-likeness (QED) is 0.899. The van der Waals surface area contributed by atoms with E-state index in [0.29, 0.717) is 17.4 Å². The maximum Gasteiger partial charge on any atom is 0.219 e. The number of hydrogen-bond acceptors (Lipinski definition) is 4. The van der Waals surface area contributed by atoms with E-state index in [4.69, 9.17) is 9.47 Å². The van der Waals surface area contributed by atoms with E-state index in [0.717, 1.165) is 5.56 Å². The van der Waals surface area contributed by atoms with Gasteiger partial charge in [0.1, 0.15) is 0 Å². The SMILES string of the molecule is COc1ccccc1Oc1ccc(C(C)O)cn1. The third-order valence-electron chi connectivity index (χ3n) is 2.53. The summed E-state index contributed by atoms with van der Waals surface area (Å²) in [5.74, 6) is 1.72. The van der Waals surface area contributed by atoms with Crippen LogP contribution in [-0.2, 0) is 0 Å². The Kier molecular flexibility index (Phi) is 3.79. The van der Waals surface area contributed by atoms with E-state index >= 15 is 0 Å². The zero-order chi connectivity index (χ0) is 13.0. The van der Waals surface area contributed by atoms with Gasteiger partial charge in [0.05, 0.1) is 13.2 Å². The number of aromatic nitrogens is 1. The summed E-state index contributed by atoms with van der Waals surface area (Å²) in [6, 6.07) is 10.9. The molecule has 1 heterocycles. The molecule has 1 atom stereocenters. The molecule has 1 aromatic heterocycles. The fourth-order valence-electron chi connectivity index (χ4n) is 1.52. The molecule has 0 radical (unpaired) electrons. The monoisotopic (exact) mass is 245 g/mol. The van der Waals surface area contributed by atoms with Crippen LogP contribution in [0.2, 0.25) is 0 Å². The molecule has 0 aliphatic heterocycles. The molecule has 2 rings (SSSR count). The maximum absolute atomic E-state index is 9.39. The predicted octanol–water partition coefficient (Wildman–Crippen LogP) is 2.94. The zero-order valence-corrected chi connectivity index (χ0v) is 10.3. The highest BCUT2D eigenvalue weighted by Gasteiger charge is 2.06. The Labute approximate surface area is 106 Å². The summed E-state index contributed by atoms with van der Waals surface area (Å²) >= 11 is 0. The second-order valence-corrected chi connectivity index (χ2v) is 3.86. The van der Waals surface area contributed by atoms with Gasteiger partial charge in [0, 0.05) is 12.3 Å². The highest BCUT2D eigenvalue weighted by Crippen LogP contribution is 2.30. The molecule has 4 heteroatoms. The molecule has 1 N–H and O–H groups in total. The first kappa shape index (κ1) is 12.4. The van der Waals surface area contributed by atoms with Crippen molar-refractivity contribution in [3.63, 3.8) is 0 Å². The van der Waals surface area contributed by atoms with Crippen molar-refractivity contribution in [1.82, 2.24) is 4.98 Å². The average molecular weight is 245 g/mol. The number of methoxy groups -OCH3 is 1. The van der Waals surface area contributed by atoms with Crippen LogP contribution in [-0.4, -0.2) is 17.2 Å². The summed E-state index contributed by atoms with van der Waals surface area (Å²) in [7, 11) is 1.59. The maximum atomic E-state index is 9.39. The third-order valence-corrected chi connectivity index (χ3v) is 2.53. The van der Waals surface area contributed by atoms with E-state index in [9.17, 15) is 5.11 Å². The van der Waals surface area contributed by atoms with Gasteiger partial charge >= 0.3 is 0 Å². The van der Waals surface area contributed by atoms with Crippen LogP contribution in [0.3, 0.4) is 0 Å². The molecule has 1 unspecified atom stereocenters. The molecule has 0 fully saturated rings. The lowest BCUT2D eigenvalue weighted by Crippen LogP contribution is -1.95. The molecule has 94 valence electrons. The highest BCUT2D eigenvalue weighted by atomic mass is 16.5. The molecular weight excluding hydrogens is 230 g/mol. The van der Waals surface area contributed by atoms with E-state index in [1.165, 1.54) is 0 Å². The second-order valence-electron chi connectivity index (χ2n) is 3.86. The number of para-hydroxylation sites is 2. The van der Waals surface area contributed by atoms with E-state index in [-0.39, 0.29) is 0 Å². The van der Waals surface area contributed by atoms with Crippen LogP contribution < -0.4 is 9.47 Å². The summed E-state index contributed by atoms with van der Waals surface area (Å²) in [6.45, 7) is 1.69. The molecule has 18 heavy (non-hydrogen) atoms. The fraction of sp³-hybridized carbons (Fsp3) is 0.214. The van der Waals surface area contributed by atoms with Crippen LogP contribution in [0, 0.1) is 0 Å². The van der Waals surface area contributed by atoms with Gasteiger partial charge in [-0.1, -0.05) is 12.1 Å². The number of benzene rings is 1. The Morgan fingerprint density at radius 3 is 2.39 bits per heavy atom. The van der Waals surface area contributed by atoms with Crippen LogP contribution in [0.1, 0.15) is 18.6 Å². The number of ether oxygens (including phenoxy) is 2. The van der Waals surface area contributed by atoms with Crippen LogP contribution >= 0.6 is 0 Å². The summed E-state index contributed by atoms with van der Waals surface area (Å²) < 4.78 is 10.8. The Hall–Kier alpha value is -2.07. The summed E-state index contributed by atoms with van der Waals surface area (Å²) in [5, 5.41) is 9.39. The minimum Gasteiger partial charge on any atom is -0.493 e. The van der Waals surface area contributed by atoms with Gasteiger partial charge in [0.25, 0.3) is 0 Å². The molecular formula is C14H15NO3. The number of rotatable bonds is 4. The predicted molar refractivity (Wildman–Crippen MR) is 67.9 cm³/mol. The van der Waals surface area contributed by atoms with Gasteiger partial charge in [-0.25, -0.2) is 4.98 Å². The van der Waals surface area contributed by atoms with Gasteiger partial charge in [-0.05, 0) is 30.7 Å². The number of pyridine rings is 1. The van der Waals surface area contributed by atoms with Gasteiger partial charge < -0.3 is 14.6 Å². The smallest absolute Gasteiger partial charge is 0.219 e. The first-order valence-corrected chi connectivity index (χ1v) is 5.65. The number of aliphatic hydroxyl groups is 1. The van der Waals surface area contributed by atoms with Crippen LogP contribution in [0.15, 0.2) is 42.6 Å². The van der Waals surface area contributed by atoms with E-state index in [1.54, 1.807) is 32.4 Å². The van der Waals surface area contributed by atoms with Crippen molar-refractivity contribution in [3.05, 3.63) is 48.2 Å². The molecule has 0 saturated heterocycles. The average Bonchev–Trinajstić information content (AvgIpc) is 2.40. The summed E-state index contributed by atoms with van der Waals surface area (Å²) in [6.07, 6.45) is 1.06. The number of nitrogens with zero attached hydrogens (tertiary/aromatic N) is 1. The van der Waals surface area contributed by atoms with Gasteiger partial charge in [-0.3, -0.25) is 0 Å². The first-order valence-electron chi connectivity index (χ1n) is 5.65. The van der Waals surface area contributed by atoms with Crippen LogP contribution in [0.25, 0.3) is 0 Å². The molecule has 0 saturated carbocycles. The summed E-state index contributed by atoms with van der Waals surface area (Å²) in [4.78, 5) is 4.13.